The maximum absolute atomic E-state index is 11.0. The highest BCUT2D eigenvalue weighted by Crippen LogP contribution is 2.31. The fraction of sp³-hybridized carbons (Fsp3) is 0.167. The van der Waals surface area contributed by atoms with Gasteiger partial charge in [-0.05, 0) is 24.6 Å². The van der Waals surface area contributed by atoms with Gasteiger partial charge < -0.3 is 9.63 Å². The number of aromatic carboxylic acids is 1. The maximum atomic E-state index is 11.0. The standard InChI is InChI=1S/C12H9Cl2NO3/c1-2-7-10(12(16)17)15-18-11(7)6-3-4-8(13)9(14)5-6/h3-5H,2H2,1H3,(H,16,17). The van der Waals surface area contributed by atoms with Crippen molar-refractivity contribution >= 4 is 29.2 Å². The third kappa shape index (κ3) is 2.21. The molecule has 0 unspecified atom stereocenters. The zero-order valence-corrected chi connectivity index (χ0v) is 10.9. The number of halogens is 2. The minimum absolute atomic E-state index is 0.0708. The molecule has 0 aliphatic heterocycles. The number of aromatic nitrogens is 1. The zero-order chi connectivity index (χ0) is 13.3. The molecule has 1 heterocycles. The minimum atomic E-state index is -1.11. The van der Waals surface area contributed by atoms with Crippen molar-refractivity contribution in [2.24, 2.45) is 0 Å². The molecule has 0 atom stereocenters. The van der Waals surface area contributed by atoms with Crippen molar-refractivity contribution in [2.75, 3.05) is 0 Å². The van der Waals surface area contributed by atoms with Gasteiger partial charge in [0.15, 0.2) is 11.5 Å². The molecule has 0 aliphatic rings. The second-order valence-corrected chi connectivity index (χ2v) is 4.44. The highest BCUT2D eigenvalue weighted by Gasteiger charge is 2.21. The second kappa shape index (κ2) is 5.00. The molecule has 0 bridgehead atoms. The molecule has 0 aliphatic carbocycles. The monoisotopic (exact) mass is 285 g/mol. The van der Waals surface area contributed by atoms with Gasteiger partial charge in [0.05, 0.1) is 10.0 Å². The molecule has 2 aromatic rings. The first kappa shape index (κ1) is 12.9. The molecule has 1 N–H and O–H groups in total. The normalized spacial score (nSPS) is 10.6. The molecule has 18 heavy (non-hydrogen) atoms. The smallest absolute Gasteiger partial charge is 0.358 e. The van der Waals surface area contributed by atoms with Crippen LogP contribution in [-0.4, -0.2) is 16.2 Å². The average molecular weight is 286 g/mol. The Hall–Kier alpha value is -1.52. The summed E-state index contributed by atoms with van der Waals surface area (Å²) in [7, 11) is 0. The number of carboxylic acid groups (broad SMARTS) is 1. The van der Waals surface area contributed by atoms with E-state index in [0.29, 0.717) is 33.4 Å². The van der Waals surface area contributed by atoms with Crippen LogP contribution in [0.3, 0.4) is 0 Å². The molecule has 6 heteroatoms. The molecule has 1 aromatic heterocycles. The van der Waals surface area contributed by atoms with E-state index in [1.807, 2.05) is 6.92 Å². The molecule has 0 spiro atoms. The Morgan fingerprint density at radius 2 is 2.11 bits per heavy atom. The minimum Gasteiger partial charge on any atom is -0.476 e. The van der Waals surface area contributed by atoms with Gasteiger partial charge in [0.1, 0.15) is 0 Å². The number of carbonyl (C=O) groups is 1. The van der Waals surface area contributed by atoms with E-state index < -0.39 is 5.97 Å². The van der Waals surface area contributed by atoms with Gasteiger partial charge in [-0.2, -0.15) is 0 Å². The van der Waals surface area contributed by atoms with Crippen molar-refractivity contribution in [2.45, 2.75) is 13.3 Å². The van der Waals surface area contributed by atoms with Crippen LogP contribution in [-0.2, 0) is 6.42 Å². The topological polar surface area (TPSA) is 63.3 Å². The van der Waals surface area contributed by atoms with Gasteiger partial charge in [-0.3, -0.25) is 0 Å². The summed E-state index contributed by atoms with van der Waals surface area (Å²) in [6.45, 7) is 1.83. The quantitative estimate of drug-likeness (QED) is 0.929. The second-order valence-electron chi connectivity index (χ2n) is 3.63. The van der Waals surface area contributed by atoms with Crippen LogP contribution < -0.4 is 0 Å². The lowest BCUT2D eigenvalue weighted by atomic mass is 10.0. The van der Waals surface area contributed by atoms with E-state index in [4.69, 9.17) is 32.8 Å². The van der Waals surface area contributed by atoms with Gasteiger partial charge in [-0.15, -0.1) is 0 Å². The lowest BCUT2D eigenvalue weighted by Crippen LogP contribution is -2.00. The molecule has 0 fully saturated rings. The molecule has 0 saturated heterocycles. The summed E-state index contributed by atoms with van der Waals surface area (Å²) in [6, 6.07) is 4.95. The van der Waals surface area contributed by atoms with Gasteiger partial charge in [0, 0.05) is 11.1 Å². The van der Waals surface area contributed by atoms with Crippen molar-refractivity contribution in [1.29, 1.82) is 0 Å². The molecular weight excluding hydrogens is 277 g/mol. The van der Waals surface area contributed by atoms with Crippen molar-refractivity contribution in [3.63, 3.8) is 0 Å². The molecule has 0 saturated carbocycles. The maximum Gasteiger partial charge on any atom is 0.358 e. The van der Waals surface area contributed by atoms with Crippen molar-refractivity contribution < 1.29 is 14.4 Å². The van der Waals surface area contributed by atoms with Gasteiger partial charge in [-0.25, -0.2) is 4.79 Å². The molecule has 1 aromatic carbocycles. The van der Waals surface area contributed by atoms with Gasteiger partial charge in [0.25, 0.3) is 0 Å². The van der Waals surface area contributed by atoms with E-state index in [1.54, 1.807) is 18.2 Å². The number of rotatable bonds is 3. The predicted molar refractivity (Wildman–Crippen MR) is 68.3 cm³/mol. The summed E-state index contributed by atoms with van der Waals surface area (Å²) in [5.74, 6) is -0.699. The average Bonchev–Trinajstić information content (AvgIpc) is 2.76. The van der Waals surface area contributed by atoms with Crippen LogP contribution in [0.1, 0.15) is 23.0 Å². The van der Waals surface area contributed by atoms with Crippen LogP contribution in [0.25, 0.3) is 11.3 Å². The number of nitrogens with zero attached hydrogens (tertiary/aromatic N) is 1. The Labute approximate surface area is 113 Å². The fourth-order valence-electron chi connectivity index (χ4n) is 1.67. The summed E-state index contributed by atoms with van der Waals surface area (Å²) in [5, 5.41) is 13.4. The van der Waals surface area contributed by atoms with E-state index in [1.165, 1.54) is 0 Å². The summed E-state index contributed by atoms with van der Waals surface area (Å²) in [6.07, 6.45) is 0.501. The third-order valence-corrected chi connectivity index (χ3v) is 3.27. The molecule has 94 valence electrons. The van der Waals surface area contributed by atoms with Gasteiger partial charge in [0.2, 0.25) is 0 Å². The highest BCUT2D eigenvalue weighted by molar-refractivity contribution is 6.42. The highest BCUT2D eigenvalue weighted by atomic mass is 35.5. The van der Waals surface area contributed by atoms with Gasteiger partial charge >= 0.3 is 5.97 Å². The van der Waals surface area contributed by atoms with E-state index in [2.05, 4.69) is 5.16 Å². The zero-order valence-electron chi connectivity index (χ0n) is 9.41. The Morgan fingerprint density at radius 1 is 1.39 bits per heavy atom. The Kier molecular flexibility index (Phi) is 3.59. The van der Waals surface area contributed by atoms with Crippen LogP contribution in [0.5, 0.6) is 0 Å². The Bertz CT molecular complexity index is 607. The van der Waals surface area contributed by atoms with Crippen LogP contribution in [0, 0.1) is 0 Å². The van der Waals surface area contributed by atoms with E-state index in [0.717, 1.165) is 0 Å². The molecule has 0 radical (unpaired) electrons. The molecule has 4 nitrogen and oxygen atoms in total. The van der Waals surface area contributed by atoms with Crippen molar-refractivity contribution in [3.8, 4) is 11.3 Å². The first-order valence-corrected chi connectivity index (χ1v) is 5.97. The van der Waals surface area contributed by atoms with E-state index in [-0.39, 0.29) is 5.69 Å². The van der Waals surface area contributed by atoms with Crippen LogP contribution in [0.2, 0.25) is 10.0 Å². The third-order valence-electron chi connectivity index (χ3n) is 2.53. The Morgan fingerprint density at radius 3 is 2.67 bits per heavy atom. The van der Waals surface area contributed by atoms with Crippen LogP contribution in [0.4, 0.5) is 0 Å². The molecule has 2 rings (SSSR count). The fourth-order valence-corrected chi connectivity index (χ4v) is 1.97. The lowest BCUT2D eigenvalue weighted by molar-refractivity contribution is 0.0685. The van der Waals surface area contributed by atoms with E-state index in [9.17, 15) is 4.79 Å². The predicted octanol–water partition coefficient (Wildman–Crippen LogP) is 3.91. The van der Waals surface area contributed by atoms with Crippen LogP contribution >= 0.6 is 23.2 Å². The van der Waals surface area contributed by atoms with Crippen LogP contribution in [0.15, 0.2) is 22.7 Å². The van der Waals surface area contributed by atoms with Crippen molar-refractivity contribution in [1.82, 2.24) is 5.16 Å². The molecule has 0 amide bonds. The van der Waals surface area contributed by atoms with Crippen molar-refractivity contribution in [3.05, 3.63) is 39.5 Å². The summed E-state index contributed by atoms with van der Waals surface area (Å²) >= 11 is 11.7. The van der Waals surface area contributed by atoms with E-state index >= 15 is 0 Å². The first-order chi connectivity index (χ1) is 8.54. The number of hydrogen-bond donors (Lipinski definition) is 1. The lowest BCUT2D eigenvalue weighted by Gasteiger charge is -2.01. The number of carboxylic acids is 1. The van der Waals surface area contributed by atoms with Gasteiger partial charge in [-0.1, -0.05) is 35.3 Å². The largest absolute Gasteiger partial charge is 0.476 e. The number of hydrogen-bond acceptors (Lipinski definition) is 3. The number of benzene rings is 1. The SMILES string of the molecule is CCc1c(C(=O)O)noc1-c1ccc(Cl)c(Cl)c1. The summed E-state index contributed by atoms with van der Waals surface area (Å²) in [5.41, 5.74) is 1.13. The summed E-state index contributed by atoms with van der Waals surface area (Å²) < 4.78 is 5.10. The first-order valence-electron chi connectivity index (χ1n) is 5.21. The summed E-state index contributed by atoms with van der Waals surface area (Å²) in [4.78, 5) is 11.0. The Balaban J connectivity index is 2.57. The molecular formula is C12H9Cl2NO3.